The quantitative estimate of drug-likeness (QED) is 0.591. The van der Waals surface area contributed by atoms with Crippen LogP contribution in [0.3, 0.4) is 0 Å². The lowest BCUT2D eigenvalue weighted by atomic mass is 9.93. The summed E-state index contributed by atoms with van der Waals surface area (Å²) >= 11 is 0. The summed E-state index contributed by atoms with van der Waals surface area (Å²) in [5, 5.41) is 17.4. The molecule has 0 fully saturated rings. The van der Waals surface area contributed by atoms with Gasteiger partial charge in [0.15, 0.2) is 0 Å². The highest BCUT2D eigenvalue weighted by Crippen LogP contribution is 2.34. The number of hydrogen-bond donors (Lipinski definition) is 1. The van der Waals surface area contributed by atoms with E-state index in [2.05, 4.69) is 31.2 Å². The number of ether oxygens (including phenoxy) is 1. The number of aromatic amines is 1. The van der Waals surface area contributed by atoms with E-state index in [0.717, 1.165) is 52.9 Å². The SMILES string of the molecule is N#Cc1cnc2c(c1)CCCC2Oc1ccc2[nH]nc(-c3cnccn3)c2c1. The van der Waals surface area contributed by atoms with Crippen molar-refractivity contribution in [1.82, 2.24) is 25.1 Å². The smallest absolute Gasteiger partial charge is 0.141 e. The van der Waals surface area contributed by atoms with Crippen molar-refractivity contribution in [2.45, 2.75) is 25.4 Å². The number of rotatable bonds is 3. The van der Waals surface area contributed by atoms with Crippen LogP contribution in [0.2, 0.25) is 0 Å². The van der Waals surface area contributed by atoms with Crippen molar-refractivity contribution in [1.29, 1.82) is 5.26 Å². The molecule has 0 saturated carbocycles. The van der Waals surface area contributed by atoms with Gasteiger partial charge in [-0.05, 0) is 49.1 Å². The number of benzene rings is 1. The molecular weight excluding hydrogens is 352 g/mol. The molecule has 1 N–H and O–H groups in total. The Morgan fingerprint density at radius 3 is 2.96 bits per heavy atom. The predicted octanol–water partition coefficient (Wildman–Crippen LogP) is 3.74. The molecule has 1 aromatic carbocycles. The summed E-state index contributed by atoms with van der Waals surface area (Å²) in [6.45, 7) is 0. The van der Waals surface area contributed by atoms with Crippen molar-refractivity contribution < 1.29 is 4.74 Å². The number of aromatic nitrogens is 5. The van der Waals surface area contributed by atoms with E-state index in [0.29, 0.717) is 11.3 Å². The first-order chi connectivity index (χ1) is 13.8. The van der Waals surface area contributed by atoms with Crippen LogP contribution in [0.25, 0.3) is 22.3 Å². The minimum Gasteiger partial charge on any atom is -0.484 e. The second-order valence-corrected chi connectivity index (χ2v) is 6.75. The van der Waals surface area contributed by atoms with Gasteiger partial charge in [-0.15, -0.1) is 0 Å². The fourth-order valence-electron chi connectivity index (χ4n) is 3.65. The van der Waals surface area contributed by atoms with Gasteiger partial charge in [0, 0.05) is 24.0 Å². The van der Waals surface area contributed by atoms with E-state index in [9.17, 15) is 0 Å². The summed E-state index contributed by atoms with van der Waals surface area (Å²) in [6, 6.07) is 9.93. The summed E-state index contributed by atoms with van der Waals surface area (Å²) in [5.74, 6) is 0.753. The molecule has 1 aliphatic carbocycles. The Morgan fingerprint density at radius 2 is 2.11 bits per heavy atom. The first-order valence-electron chi connectivity index (χ1n) is 9.12. The summed E-state index contributed by atoms with van der Waals surface area (Å²) in [6.07, 6.45) is 9.30. The van der Waals surface area contributed by atoms with Gasteiger partial charge in [-0.1, -0.05) is 0 Å². The number of H-pyrrole nitrogens is 1. The number of fused-ring (bicyclic) bond motifs is 2. The molecule has 0 spiro atoms. The third kappa shape index (κ3) is 2.85. The molecule has 3 aromatic heterocycles. The number of hydrogen-bond acceptors (Lipinski definition) is 6. The Bertz CT molecular complexity index is 1190. The number of aryl methyl sites for hydroxylation is 1. The molecule has 1 aliphatic rings. The van der Waals surface area contributed by atoms with Crippen LogP contribution in [0.15, 0.2) is 49.1 Å². The van der Waals surface area contributed by atoms with Crippen LogP contribution in [0.4, 0.5) is 0 Å². The van der Waals surface area contributed by atoms with E-state index >= 15 is 0 Å². The Labute approximate surface area is 161 Å². The maximum atomic E-state index is 9.10. The van der Waals surface area contributed by atoms with Crippen LogP contribution in [0, 0.1) is 11.3 Å². The van der Waals surface area contributed by atoms with Gasteiger partial charge in [-0.25, -0.2) is 0 Å². The summed E-state index contributed by atoms with van der Waals surface area (Å²) in [7, 11) is 0. The number of nitrogens with zero attached hydrogens (tertiary/aromatic N) is 5. The largest absolute Gasteiger partial charge is 0.484 e. The minimum atomic E-state index is -0.124. The second-order valence-electron chi connectivity index (χ2n) is 6.75. The first kappa shape index (κ1) is 16.4. The van der Waals surface area contributed by atoms with Crippen molar-refractivity contribution in [2.75, 3.05) is 0 Å². The van der Waals surface area contributed by atoms with Crippen LogP contribution in [0.1, 0.15) is 35.8 Å². The highest BCUT2D eigenvalue weighted by molar-refractivity contribution is 5.92. The van der Waals surface area contributed by atoms with E-state index in [4.69, 9.17) is 10.00 Å². The van der Waals surface area contributed by atoms with Crippen LogP contribution < -0.4 is 4.74 Å². The Kier molecular flexibility index (Phi) is 3.95. The van der Waals surface area contributed by atoms with Gasteiger partial charge in [0.2, 0.25) is 0 Å². The van der Waals surface area contributed by atoms with Gasteiger partial charge in [0.25, 0.3) is 0 Å². The zero-order valence-corrected chi connectivity index (χ0v) is 15.0. The van der Waals surface area contributed by atoms with Crippen molar-refractivity contribution in [3.05, 3.63) is 65.9 Å². The molecular formula is C21H16N6O. The molecule has 0 aliphatic heterocycles. The topological polar surface area (TPSA) is 100 Å². The van der Waals surface area contributed by atoms with E-state index in [-0.39, 0.29) is 6.10 Å². The molecule has 4 aromatic rings. The summed E-state index contributed by atoms with van der Waals surface area (Å²) in [5.41, 5.74) is 4.97. The number of nitrogens with one attached hydrogen (secondary N) is 1. The van der Waals surface area contributed by atoms with Crippen LogP contribution in [-0.2, 0) is 6.42 Å². The molecule has 1 atom stereocenters. The molecule has 5 rings (SSSR count). The fourth-order valence-corrected chi connectivity index (χ4v) is 3.65. The van der Waals surface area contributed by atoms with Crippen LogP contribution in [0.5, 0.6) is 5.75 Å². The number of nitriles is 1. The highest BCUT2D eigenvalue weighted by Gasteiger charge is 2.24. The standard InChI is InChI=1S/C21H16N6O/c22-10-13-8-14-2-1-3-19(20(14)25-11-13)28-15-4-5-17-16(9-15)21(27-26-17)18-12-23-6-7-24-18/h4-9,11-12,19H,1-3H2,(H,26,27). The summed E-state index contributed by atoms with van der Waals surface area (Å²) < 4.78 is 6.30. The molecule has 28 heavy (non-hydrogen) atoms. The predicted molar refractivity (Wildman–Crippen MR) is 102 cm³/mol. The lowest BCUT2D eigenvalue weighted by Gasteiger charge is -2.25. The van der Waals surface area contributed by atoms with Crippen molar-refractivity contribution in [3.63, 3.8) is 0 Å². The van der Waals surface area contributed by atoms with Crippen molar-refractivity contribution >= 4 is 10.9 Å². The Hall–Kier alpha value is -3.79. The molecule has 7 heteroatoms. The molecule has 0 bridgehead atoms. The monoisotopic (exact) mass is 368 g/mol. The second kappa shape index (κ2) is 6.74. The Balaban J connectivity index is 1.49. The maximum absolute atomic E-state index is 9.10. The molecule has 0 radical (unpaired) electrons. The normalized spacial score (nSPS) is 15.8. The minimum absolute atomic E-state index is 0.124. The van der Waals surface area contributed by atoms with Gasteiger partial charge < -0.3 is 4.74 Å². The number of pyridine rings is 1. The van der Waals surface area contributed by atoms with E-state index in [1.807, 2.05) is 24.3 Å². The van der Waals surface area contributed by atoms with Crippen molar-refractivity contribution in [3.8, 4) is 23.2 Å². The molecule has 0 saturated heterocycles. The highest BCUT2D eigenvalue weighted by atomic mass is 16.5. The fraction of sp³-hybridized carbons (Fsp3) is 0.190. The molecule has 3 heterocycles. The zero-order valence-electron chi connectivity index (χ0n) is 15.0. The lowest BCUT2D eigenvalue weighted by Crippen LogP contribution is -2.17. The average molecular weight is 368 g/mol. The van der Waals surface area contributed by atoms with Gasteiger partial charge >= 0.3 is 0 Å². The molecule has 7 nitrogen and oxygen atoms in total. The third-order valence-corrected chi connectivity index (χ3v) is 4.97. The maximum Gasteiger partial charge on any atom is 0.141 e. The van der Waals surface area contributed by atoms with Crippen molar-refractivity contribution in [2.24, 2.45) is 0 Å². The van der Waals surface area contributed by atoms with E-state index in [1.54, 1.807) is 24.8 Å². The van der Waals surface area contributed by atoms with Gasteiger partial charge in [0.1, 0.15) is 29.3 Å². The lowest BCUT2D eigenvalue weighted by molar-refractivity contribution is 0.178. The van der Waals surface area contributed by atoms with E-state index in [1.165, 1.54) is 0 Å². The van der Waals surface area contributed by atoms with Crippen LogP contribution >= 0.6 is 0 Å². The van der Waals surface area contributed by atoms with Crippen LogP contribution in [-0.4, -0.2) is 25.1 Å². The summed E-state index contributed by atoms with van der Waals surface area (Å²) in [4.78, 5) is 13.0. The molecule has 136 valence electrons. The molecule has 0 amide bonds. The molecule has 1 unspecified atom stereocenters. The van der Waals surface area contributed by atoms with Gasteiger partial charge in [-0.2, -0.15) is 10.4 Å². The van der Waals surface area contributed by atoms with Gasteiger partial charge in [0.05, 0.1) is 23.0 Å². The van der Waals surface area contributed by atoms with E-state index < -0.39 is 0 Å². The van der Waals surface area contributed by atoms with Gasteiger partial charge in [-0.3, -0.25) is 20.1 Å². The third-order valence-electron chi connectivity index (χ3n) is 4.97. The Morgan fingerprint density at radius 1 is 1.14 bits per heavy atom. The zero-order chi connectivity index (χ0) is 18.9. The first-order valence-corrected chi connectivity index (χ1v) is 9.12. The average Bonchev–Trinajstić information content (AvgIpc) is 3.17.